The molecule has 1 heterocycles. The number of hydrogen-bond donors (Lipinski definition) is 2. The number of carbonyl (C=O) groups is 1. The topological polar surface area (TPSA) is 54.3 Å². The highest BCUT2D eigenvalue weighted by Crippen LogP contribution is 2.35. The van der Waals surface area contributed by atoms with Crippen molar-refractivity contribution in [2.75, 3.05) is 5.32 Å². The van der Waals surface area contributed by atoms with Gasteiger partial charge in [0.25, 0.3) is 5.91 Å². The number of amides is 1. The van der Waals surface area contributed by atoms with Crippen molar-refractivity contribution in [3.63, 3.8) is 0 Å². The molecule has 1 aromatic heterocycles. The van der Waals surface area contributed by atoms with E-state index in [4.69, 9.17) is 34.8 Å². The maximum atomic E-state index is 12.0. The van der Waals surface area contributed by atoms with Crippen molar-refractivity contribution in [3.8, 4) is 5.75 Å². The van der Waals surface area contributed by atoms with Gasteiger partial charge >= 0.3 is 0 Å². The molecule has 4 nitrogen and oxygen atoms in total. The zero-order chi connectivity index (χ0) is 14.2. The average molecular weight is 320 g/mol. The van der Waals surface area contributed by atoms with E-state index in [0.29, 0.717) is 15.7 Å². The van der Waals surface area contributed by atoms with E-state index in [0.717, 1.165) is 0 Å². The van der Waals surface area contributed by atoms with Gasteiger partial charge in [0.05, 0.1) is 15.7 Å². The van der Waals surface area contributed by atoms with Crippen molar-refractivity contribution in [2.45, 2.75) is 0 Å². The van der Waals surface area contributed by atoms with Gasteiger partial charge in [0.2, 0.25) is 0 Å². The van der Waals surface area contributed by atoms with Gasteiger partial charge in [0, 0.05) is 18.3 Å². The molecule has 2 N–H and O–H groups in total. The second-order valence-corrected chi connectivity index (χ2v) is 5.17. The molecule has 0 radical (unpaired) electrons. The molecule has 0 aliphatic carbocycles. The van der Waals surface area contributed by atoms with E-state index < -0.39 is 5.91 Å². The number of aryl methyl sites for hydroxylation is 1. The zero-order valence-electron chi connectivity index (χ0n) is 9.75. The standard InChI is InChI=1S/C12H9Cl3N2O2/c1-17-5-7(14)4-10(17)12(19)16-9-3-6(13)2-8(15)11(9)18/h2-5,18H,1H3,(H,16,19). The fraction of sp³-hybridized carbons (Fsp3) is 0.0833. The molecule has 2 rings (SSSR count). The number of halogens is 3. The van der Waals surface area contributed by atoms with Crippen molar-refractivity contribution >= 4 is 46.4 Å². The van der Waals surface area contributed by atoms with Crippen molar-refractivity contribution in [1.82, 2.24) is 4.57 Å². The smallest absolute Gasteiger partial charge is 0.272 e. The van der Waals surface area contributed by atoms with Gasteiger partial charge in [-0.05, 0) is 18.2 Å². The molecule has 0 unspecified atom stereocenters. The van der Waals surface area contributed by atoms with E-state index in [1.165, 1.54) is 18.2 Å². The molecule has 0 atom stereocenters. The normalized spacial score (nSPS) is 10.5. The lowest BCUT2D eigenvalue weighted by Crippen LogP contribution is -2.15. The molecule has 1 amide bonds. The summed E-state index contributed by atoms with van der Waals surface area (Å²) in [5, 5.41) is 13.1. The summed E-state index contributed by atoms with van der Waals surface area (Å²) >= 11 is 17.4. The van der Waals surface area contributed by atoms with E-state index in [-0.39, 0.29) is 16.5 Å². The summed E-state index contributed by atoms with van der Waals surface area (Å²) in [4.78, 5) is 12.0. The Kier molecular flexibility index (Phi) is 3.94. The number of aromatic nitrogens is 1. The van der Waals surface area contributed by atoms with Crippen molar-refractivity contribution < 1.29 is 9.90 Å². The minimum Gasteiger partial charge on any atom is -0.504 e. The van der Waals surface area contributed by atoms with Gasteiger partial charge in [-0.3, -0.25) is 4.79 Å². The van der Waals surface area contributed by atoms with E-state index in [1.54, 1.807) is 17.8 Å². The summed E-state index contributed by atoms with van der Waals surface area (Å²) in [5.41, 5.74) is 0.486. The van der Waals surface area contributed by atoms with Crippen LogP contribution in [0.2, 0.25) is 15.1 Å². The Morgan fingerprint density at radius 2 is 1.89 bits per heavy atom. The Morgan fingerprint density at radius 1 is 1.21 bits per heavy atom. The number of nitrogens with one attached hydrogen (secondary N) is 1. The van der Waals surface area contributed by atoms with Crippen LogP contribution in [-0.2, 0) is 7.05 Å². The van der Waals surface area contributed by atoms with Gasteiger partial charge < -0.3 is 15.0 Å². The van der Waals surface area contributed by atoms with Crippen LogP contribution < -0.4 is 5.32 Å². The first-order chi connectivity index (χ1) is 8.88. The fourth-order valence-electron chi connectivity index (χ4n) is 1.60. The molecule has 0 saturated carbocycles. The van der Waals surface area contributed by atoms with Crippen LogP contribution in [0.25, 0.3) is 0 Å². The van der Waals surface area contributed by atoms with Crippen LogP contribution in [0.5, 0.6) is 5.75 Å². The molecule has 0 fully saturated rings. The molecule has 1 aromatic carbocycles. The molecule has 2 aromatic rings. The van der Waals surface area contributed by atoms with E-state index in [1.807, 2.05) is 0 Å². The summed E-state index contributed by atoms with van der Waals surface area (Å²) in [6, 6.07) is 4.30. The Bertz CT molecular complexity index is 653. The van der Waals surface area contributed by atoms with Gasteiger partial charge in [0.15, 0.2) is 5.75 Å². The average Bonchev–Trinajstić information content (AvgIpc) is 2.64. The molecule has 0 saturated heterocycles. The number of nitrogens with zero attached hydrogens (tertiary/aromatic N) is 1. The third-order valence-electron chi connectivity index (χ3n) is 2.48. The predicted molar refractivity (Wildman–Crippen MR) is 76.5 cm³/mol. The molecule has 19 heavy (non-hydrogen) atoms. The summed E-state index contributed by atoms with van der Waals surface area (Å²) < 4.78 is 1.57. The van der Waals surface area contributed by atoms with Gasteiger partial charge in [-0.15, -0.1) is 0 Å². The zero-order valence-corrected chi connectivity index (χ0v) is 12.0. The number of aromatic hydroxyl groups is 1. The Morgan fingerprint density at radius 3 is 2.47 bits per heavy atom. The first kappa shape index (κ1) is 14.1. The number of phenolic OH excluding ortho intramolecular Hbond substituents is 1. The minimum absolute atomic E-state index is 0.0627. The van der Waals surface area contributed by atoms with Crippen molar-refractivity contribution in [2.24, 2.45) is 7.05 Å². The second-order valence-electron chi connectivity index (χ2n) is 3.89. The number of anilines is 1. The highest BCUT2D eigenvalue weighted by atomic mass is 35.5. The van der Waals surface area contributed by atoms with Gasteiger partial charge in [-0.2, -0.15) is 0 Å². The number of rotatable bonds is 2. The summed E-state index contributed by atoms with van der Waals surface area (Å²) in [7, 11) is 1.69. The van der Waals surface area contributed by atoms with Crippen LogP contribution in [0.1, 0.15) is 10.5 Å². The van der Waals surface area contributed by atoms with Crippen LogP contribution in [0.4, 0.5) is 5.69 Å². The Hall–Kier alpha value is -1.36. The number of benzene rings is 1. The highest BCUT2D eigenvalue weighted by molar-refractivity contribution is 6.36. The maximum Gasteiger partial charge on any atom is 0.272 e. The first-order valence-electron chi connectivity index (χ1n) is 5.19. The molecule has 7 heteroatoms. The molecule has 0 bridgehead atoms. The SMILES string of the molecule is Cn1cc(Cl)cc1C(=O)Nc1cc(Cl)cc(Cl)c1O. The Balaban J connectivity index is 2.31. The predicted octanol–water partition coefficient (Wildman–Crippen LogP) is 3.94. The lowest BCUT2D eigenvalue weighted by Gasteiger charge is -2.09. The largest absolute Gasteiger partial charge is 0.504 e. The molecule has 0 spiro atoms. The van der Waals surface area contributed by atoms with Gasteiger partial charge in [-0.25, -0.2) is 0 Å². The number of hydrogen-bond acceptors (Lipinski definition) is 2. The van der Waals surface area contributed by atoms with Gasteiger partial charge in [-0.1, -0.05) is 34.8 Å². The molecular formula is C12H9Cl3N2O2. The number of phenols is 1. The van der Waals surface area contributed by atoms with Crippen LogP contribution in [0.3, 0.4) is 0 Å². The second kappa shape index (κ2) is 5.33. The lowest BCUT2D eigenvalue weighted by molar-refractivity contribution is 0.101. The molecule has 100 valence electrons. The monoisotopic (exact) mass is 318 g/mol. The first-order valence-corrected chi connectivity index (χ1v) is 6.33. The lowest BCUT2D eigenvalue weighted by atomic mass is 10.2. The van der Waals surface area contributed by atoms with E-state index in [2.05, 4.69) is 5.32 Å². The molecular weight excluding hydrogens is 311 g/mol. The van der Waals surface area contributed by atoms with Crippen LogP contribution in [-0.4, -0.2) is 15.6 Å². The van der Waals surface area contributed by atoms with E-state index >= 15 is 0 Å². The summed E-state index contributed by atoms with van der Waals surface area (Å²) in [6.07, 6.45) is 1.60. The van der Waals surface area contributed by atoms with Crippen LogP contribution in [0.15, 0.2) is 24.4 Å². The molecule has 0 aliphatic rings. The Labute approximate surface area is 124 Å². The minimum atomic E-state index is -0.428. The van der Waals surface area contributed by atoms with Crippen molar-refractivity contribution in [3.05, 3.63) is 45.2 Å². The molecule has 0 aliphatic heterocycles. The third kappa shape index (κ3) is 2.97. The fourth-order valence-corrected chi connectivity index (χ4v) is 2.34. The van der Waals surface area contributed by atoms with Gasteiger partial charge in [0.1, 0.15) is 5.69 Å². The van der Waals surface area contributed by atoms with Crippen LogP contribution >= 0.6 is 34.8 Å². The number of carbonyl (C=O) groups excluding carboxylic acids is 1. The maximum absolute atomic E-state index is 12.0. The van der Waals surface area contributed by atoms with Crippen LogP contribution in [0, 0.1) is 0 Å². The summed E-state index contributed by atoms with van der Waals surface area (Å²) in [5.74, 6) is -0.664. The quantitative estimate of drug-likeness (QED) is 0.824. The van der Waals surface area contributed by atoms with E-state index in [9.17, 15) is 9.90 Å². The van der Waals surface area contributed by atoms with Crippen molar-refractivity contribution in [1.29, 1.82) is 0 Å². The summed E-state index contributed by atoms with van der Waals surface area (Å²) in [6.45, 7) is 0. The highest BCUT2D eigenvalue weighted by Gasteiger charge is 2.15. The third-order valence-corrected chi connectivity index (χ3v) is 3.19.